The van der Waals surface area contributed by atoms with Crippen LogP contribution in [-0.2, 0) is 0 Å². The largest absolute Gasteiger partial charge is 0.298 e. The maximum atomic E-state index is 12.6. The number of carbonyl (C=O) groups excluding carboxylic acids is 1. The Balaban J connectivity index is 0.000000561. The summed E-state index contributed by atoms with van der Waals surface area (Å²) in [6.07, 6.45) is 0.628. The van der Waals surface area contributed by atoms with Crippen LogP contribution in [0.15, 0.2) is 18.2 Å². The van der Waals surface area contributed by atoms with Crippen molar-refractivity contribution in [3.63, 3.8) is 0 Å². The summed E-state index contributed by atoms with van der Waals surface area (Å²) < 4.78 is 12.6. The lowest BCUT2D eigenvalue weighted by Crippen LogP contribution is -1.85. The summed E-state index contributed by atoms with van der Waals surface area (Å²) >= 11 is 0. The Bertz CT molecular complexity index is 256. The molecular weight excluding hydrogens is 155 g/mol. The molecule has 2 heteroatoms. The molecule has 0 aliphatic rings. The second-order valence-corrected chi connectivity index (χ2v) is 2.13. The highest BCUT2D eigenvalue weighted by molar-refractivity contribution is 5.74. The maximum Gasteiger partial charge on any atom is 0.150 e. The van der Waals surface area contributed by atoms with E-state index in [2.05, 4.69) is 0 Å². The molecule has 1 rings (SSSR count). The zero-order chi connectivity index (χ0) is 9.56. The van der Waals surface area contributed by atoms with Crippen LogP contribution in [0.5, 0.6) is 0 Å². The van der Waals surface area contributed by atoms with Crippen LogP contribution < -0.4 is 0 Å². The summed E-state index contributed by atoms with van der Waals surface area (Å²) in [5.74, 6) is -0.329. The first-order valence-electron chi connectivity index (χ1n) is 3.95. The van der Waals surface area contributed by atoms with E-state index in [1.165, 1.54) is 6.07 Å². The molecule has 0 bridgehead atoms. The molecule has 0 unspecified atom stereocenters. The van der Waals surface area contributed by atoms with Crippen molar-refractivity contribution in [1.82, 2.24) is 0 Å². The van der Waals surface area contributed by atoms with Gasteiger partial charge in [-0.3, -0.25) is 4.79 Å². The maximum absolute atomic E-state index is 12.6. The van der Waals surface area contributed by atoms with Gasteiger partial charge in [0.25, 0.3) is 0 Å². The SMILES string of the molecule is CC.Cc1ccc(C=O)cc1F. The second kappa shape index (κ2) is 5.47. The fraction of sp³-hybridized carbons (Fsp3) is 0.300. The van der Waals surface area contributed by atoms with Crippen molar-refractivity contribution in [1.29, 1.82) is 0 Å². The topological polar surface area (TPSA) is 17.1 Å². The lowest BCUT2D eigenvalue weighted by atomic mass is 10.1. The van der Waals surface area contributed by atoms with E-state index in [9.17, 15) is 9.18 Å². The second-order valence-electron chi connectivity index (χ2n) is 2.13. The Morgan fingerprint density at radius 1 is 1.33 bits per heavy atom. The molecule has 0 N–H and O–H groups in total. The number of halogens is 1. The average molecular weight is 168 g/mol. The Labute approximate surface area is 72.2 Å². The van der Waals surface area contributed by atoms with Gasteiger partial charge in [-0.25, -0.2) is 4.39 Å². The molecule has 0 saturated carbocycles. The average Bonchev–Trinajstić information content (AvgIpc) is 2.13. The number of carbonyl (C=O) groups is 1. The van der Waals surface area contributed by atoms with E-state index in [-0.39, 0.29) is 5.82 Å². The highest BCUT2D eigenvalue weighted by Crippen LogP contribution is 2.06. The molecule has 1 nitrogen and oxygen atoms in total. The summed E-state index contributed by atoms with van der Waals surface area (Å²) in [5.41, 5.74) is 0.939. The monoisotopic (exact) mass is 168 g/mol. The molecule has 0 saturated heterocycles. The zero-order valence-corrected chi connectivity index (χ0v) is 7.60. The zero-order valence-electron chi connectivity index (χ0n) is 7.60. The van der Waals surface area contributed by atoms with E-state index in [4.69, 9.17) is 0 Å². The molecule has 0 aliphatic heterocycles. The Kier molecular flexibility index (Phi) is 4.93. The van der Waals surface area contributed by atoms with Crippen molar-refractivity contribution < 1.29 is 9.18 Å². The summed E-state index contributed by atoms with van der Waals surface area (Å²) in [6, 6.07) is 4.40. The Morgan fingerprint density at radius 3 is 2.33 bits per heavy atom. The van der Waals surface area contributed by atoms with Crippen molar-refractivity contribution in [3.05, 3.63) is 35.1 Å². The van der Waals surface area contributed by atoms with Gasteiger partial charge in [0.1, 0.15) is 12.1 Å². The highest BCUT2D eigenvalue weighted by atomic mass is 19.1. The van der Waals surface area contributed by atoms with Crippen LogP contribution in [-0.4, -0.2) is 6.29 Å². The lowest BCUT2D eigenvalue weighted by molar-refractivity contribution is 0.112. The third-order valence-corrected chi connectivity index (χ3v) is 1.33. The van der Waals surface area contributed by atoms with E-state index >= 15 is 0 Å². The smallest absolute Gasteiger partial charge is 0.150 e. The molecule has 0 amide bonds. The molecule has 66 valence electrons. The minimum absolute atomic E-state index is 0.329. The van der Waals surface area contributed by atoms with Gasteiger partial charge in [0.2, 0.25) is 0 Å². The number of aryl methyl sites for hydroxylation is 1. The fourth-order valence-electron chi connectivity index (χ4n) is 0.682. The molecule has 0 atom stereocenters. The molecule has 0 radical (unpaired) electrons. The normalized spacial score (nSPS) is 8.33. The number of aldehydes is 1. The molecular formula is C10H13FO. The first-order chi connectivity index (χ1) is 5.74. The van der Waals surface area contributed by atoms with Gasteiger partial charge >= 0.3 is 0 Å². The molecule has 1 aromatic rings. The van der Waals surface area contributed by atoms with Crippen molar-refractivity contribution in [2.24, 2.45) is 0 Å². The Hall–Kier alpha value is -1.18. The van der Waals surface area contributed by atoms with Crippen molar-refractivity contribution in [3.8, 4) is 0 Å². The Morgan fingerprint density at radius 2 is 1.92 bits per heavy atom. The van der Waals surface area contributed by atoms with E-state index in [1.807, 2.05) is 13.8 Å². The van der Waals surface area contributed by atoms with Crippen LogP contribution in [0.4, 0.5) is 4.39 Å². The summed E-state index contributed by atoms with van der Waals surface area (Å²) in [6.45, 7) is 5.66. The standard InChI is InChI=1S/C8H7FO.C2H6/c1-6-2-3-7(5-10)4-8(6)9;1-2/h2-5H,1H3;1-2H3. The fourth-order valence-corrected chi connectivity index (χ4v) is 0.682. The number of hydrogen-bond donors (Lipinski definition) is 0. The summed E-state index contributed by atoms with van der Waals surface area (Å²) in [7, 11) is 0. The van der Waals surface area contributed by atoms with Gasteiger partial charge in [0, 0.05) is 5.56 Å². The van der Waals surface area contributed by atoms with Gasteiger partial charge in [-0.15, -0.1) is 0 Å². The van der Waals surface area contributed by atoms with Crippen LogP contribution in [0.2, 0.25) is 0 Å². The first kappa shape index (κ1) is 10.8. The predicted molar refractivity (Wildman–Crippen MR) is 47.9 cm³/mol. The van der Waals surface area contributed by atoms with Crippen molar-refractivity contribution in [2.45, 2.75) is 20.8 Å². The van der Waals surface area contributed by atoms with Gasteiger partial charge in [-0.05, 0) is 18.6 Å². The molecule has 1 aromatic carbocycles. The van der Waals surface area contributed by atoms with Gasteiger partial charge in [-0.2, -0.15) is 0 Å². The van der Waals surface area contributed by atoms with E-state index < -0.39 is 0 Å². The third kappa shape index (κ3) is 2.82. The summed E-state index contributed by atoms with van der Waals surface area (Å²) in [5, 5.41) is 0. The minimum atomic E-state index is -0.329. The number of rotatable bonds is 1. The molecule has 0 spiro atoms. The first-order valence-corrected chi connectivity index (χ1v) is 3.95. The van der Waals surface area contributed by atoms with Gasteiger partial charge < -0.3 is 0 Å². The van der Waals surface area contributed by atoms with Crippen LogP contribution in [0.25, 0.3) is 0 Å². The highest BCUT2D eigenvalue weighted by Gasteiger charge is 1.96. The third-order valence-electron chi connectivity index (χ3n) is 1.33. The van der Waals surface area contributed by atoms with Crippen LogP contribution >= 0.6 is 0 Å². The van der Waals surface area contributed by atoms with E-state index in [0.717, 1.165) is 0 Å². The number of hydrogen-bond acceptors (Lipinski definition) is 1. The van der Waals surface area contributed by atoms with Gasteiger partial charge in [0.05, 0.1) is 0 Å². The van der Waals surface area contributed by atoms with E-state index in [0.29, 0.717) is 17.4 Å². The number of benzene rings is 1. The lowest BCUT2D eigenvalue weighted by Gasteiger charge is -1.94. The van der Waals surface area contributed by atoms with Crippen LogP contribution in [0.3, 0.4) is 0 Å². The molecule has 12 heavy (non-hydrogen) atoms. The summed E-state index contributed by atoms with van der Waals surface area (Å²) in [4.78, 5) is 10.1. The minimum Gasteiger partial charge on any atom is -0.298 e. The quantitative estimate of drug-likeness (QED) is 0.589. The molecule has 0 fully saturated rings. The van der Waals surface area contributed by atoms with Gasteiger partial charge in [0.15, 0.2) is 0 Å². The van der Waals surface area contributed by atoms with Crippen molar-refractivity contribution >= 4 is 6.29 Å². The van der Waals surface area contributed by atoms with E-state index in [1.54, 1.807) is 19.1 Å². The molecule has 0 aliphatic carbocycles. The van der Waals surface area contributed by atoms with Crippen molar-refractivity contribution in [2.75, 3.05) is 0 Å². The molecule has 0 heterocycles. The molecule has 0 aromatic heterocycles. The predicted octanol–water partition coefficient (Wildman–Crippen LogP) is 2.97. The van der Waals surface area contributed by atoms with Crippen LogP contribution in [0, 0.1) is 12.7 Å². The van der Waals surface area contributed by atoms with Crippen LogP contribution in [0.1, 0.15) is 29.8 Å². The van der Waals surface area contributed by atoms with Gasteiger partial charge in [-0.1, -0.05) is 26.0 Å².